The minimum Gasteiger partial charge on any atom is -0.381 e. The Hall–Kier alpha value is -3.28. The van der Waals surface area contributed by atoms with Crippen molar-refractivity contribution in [2.45, 2.75) is 26.3 Å². The van der Waals surface area contributed by atoms with Gasteiger partial charge in [-0.1, -0.05) is 18.2 Å². The molecule has 2 heterocycles. The topological polar surface area (TPSA) is 91.2 Å². The molecule has 1 fully saturated rings. The summed E-state index contributed by atoms with van der Waals surface area (Å²) in [6.45, 7) is 4.13. The van der Waals surface area contributed by atoms with Crippen LogP contribution in [0.25, 0.3) is 10.9 Å². The number of hydrogen-bond acceptors (Lipinski definition) is 4. The lowest BCUT2D eigenvalue weighted by Gasteiger charge is -2.32. The Morgan fingerprint density at radius 1 is 1.17 bits per heavy atom. The van der Waals surface area contributed by atoms with E-state index in [0.29, 0.717) is 12.1 Å². The van der Waals surface area contributed by atoms with Crippen LogP contribution in [0.1, 0.15) is 24.0 Å². The maximum absolute atomic E-state index is 12.4. The van der Waals surface area contributed by atoms with Crippen LogP contribution in [0.5, 0.6) is 0 Å². The first-order valence-electron chi connectivity index (χ1n) is 10.0. The second kappa shape index (κ2) is 7.99. The number of amides is 1. The van der Waals surface area contributed by atoms with Crippen molar-refractivity contribution < 1.29 is 4.79 Å². The molecule has 0 bridgehead atoms. The van der Waals surface area contributed by atoms with E-state index < -0.39 is 0 Å². The van der Waals surface area contributed by atoms with Gasteiger partial charge in [0.05, 0.1) is 5.52 Å². The third-order valence-electron chi connectivity index (χ3n) is 5.78. The fourth-order valence-electron chi connectivity index (χ4n) is 3.97. The maximum Gasteiger partial charge on any atom is 0.253 e. The Labute approximate surface area is 169 Å². The molecule has 6 heteroatoms. The summed E-state index contributed by atoms with van der Waals surface area (Å²) in [5.74, 6) is -0.195. The third kappa shape index (κ3) is 4.11. The number of nitrogens with one attached hydrogen (secondary N) is 2. The predicted molar refractivity (Wildman–Crippen MR) is 117 cm³/mol. The lowest BCUT2D eigenvalue weighted by Crippen LogP contribution is -2.38. The minimum absolute atomic E-state index is 0.00368. The largest absolute Gasteiger partial charge is 0.381 e. The molecule has 0 unspecified atom stereocenters. The van der Waals surface area contributed by atoms with Crippen LogP contribution in [0.3, 0.4) is 0 Å². The zero-order chi connectivity index (χ0) is 20.4. The van der Waals surface area contributed by atoms with Crippen molar-refractivity contribution in [1.82, 2.24) is 4.98 Å². The second-order valence-corrected chi connectivity index (χ2v) is 7.73. The van der Waals surface area contributed by atoms with E-state index in [1.165, 1.54) is 0 Å². The van der Waals surface area contributed by atoms with E-state index in [2.05, 4.69) is 27.3 Å². The molecule has 6 nitrogen and oxygen atoms in total. The third-order valence-corrected chi connectivity index (χ3v) is 5.78. The summed E-state index contributed by atoms with van der Waals surface area (Å²) in [7, 11) is 0. The molecule has 4 N–H and O–H groups in total. The smallest absolute Gasteiger partial charge is 0.253 e. The average Bonchev–Trinajstić information content (AvgIpc) is 2.73. The van der Waals surface area contributed by atoms with Crippen molar-refractivity contribution in [2.24, 2.45) is 11.7 Å². The van der Waals surface area contributed by atoms with Crippen molar-refractivity contribution in [3.05, 3.63) is 70.0 Å². The van der Waals surface area contributed by atoms with Crippen molar-refractivity contribution in [2.75, 3.05) is 23.3 Å². The van der Waals surface area contributed by atoms with Gasteiger partial charge in [-0.2, -0.15) is 0 Å². The average molecular weight is 390 g/mol. The number of carbonyl (C=O) groups is 1. The predicted octanol–water partition coefficient (Wildman–Crippen LogP) is 3.15. The van der Waals surface area contributed by atoms with Crippen LogP contribution in [0, 0.1) is 12.8 Å². The molecule has 1 amide bonds. The standard InChI is InChI=1S/C23H26N4O2/c1-15-3-2-4-17-13-18(23(29)26-21(15)17)14-25-19-5-7-20(8-6-19)27-11-9-16(10-12-27)22(24)28/h2-8,13,16,25H,9-12,14H2,1H3,(H2,24,28)(H,26,29). The fourth-order valence-corrected chi connectivity index (χ4v) is 3.97. The Balaban J connectivity index is 1.41. The highest BCUT2D eigenvalue weighted by Gasteiger charge is 2.23. The van der Waals surface area contributed by atoms with E-state index in [1.54, 1.807) is 0 Å². The highest BCUT2D eigenvalue weighted by Crippen LogP contribution is 2.24. The number of para-hydroxylation sites is 1. The fraction of sp³-hybridized carbons (Fsp3) is 0.304. The van der Waals surface area contributed by atoms with Gasteiger partial charge in [-0.05, 0) is 61.0 Å². The van der Waals surface area contributed by atoms with E-state index in [-0.39, 0.29) is 17.4 Å². The van der Waals surface area contributed by atoms with Crippen LogP contribution in [-0.4, -0.2) is 24.0 Å². The van der Waals surface area contributed by atoms with Crippen molar-refractivity contribution in [3.63, 3.8) is 0 Å². The van der Waals surface area contributed by atoms with E-state index >= 15 is 0 Å². The number of aromatic amines is 1. The van der Waals surface area contributed by atoms with Crippen LogP contribution in [0.4, 0.5) is 11.4 Å². The number of aromatic nitrogens is 1. The first kappa shape index (κ1) is 19.1. The quantitative estimate of drug-likeness (QED) is 0.624. The molecule has 0 radical (unpaired) electrons. The van der Waals surface area contributed by atoms with Crippen LogP contribution < -0.4 is 21.5 Å². The molecule has 1 aromatic heterocycles. The van der Waals surface area contributed by atoms with Crippen molar-refractivity contribution in [3.8, 4) is 0 Å². The van der Waals surface area contributed by atoms with E-state index in [4.69, 9.17) is 5.73 Å². The second-order valence-electron chi connectivity index (χ2n) is 7.73. The van der Waals surface area contributed by atoms with Gasteiger partial charge < -0.3 is 20.9 Å². The number of pyridine rings is 1. The molecule has 0 saturated carbocycles. The number of benzene rings is 2. The number of nitrogens with two attached hydrogens (primary N) is 1. The van der Waals surface area contributed by atoms with Crippen molar-refractivity contribution in [1.29, 1.82) is 0 Å². The number of aryl methyl sites for hydroxylation is 1. The summed E-state index contributed by atoms with van der Waals surface area (Å²) in [6, 6.07) is 16.1. The Kier molecular flexibility index (Phi) is 5.25. The molecular weight excluding hydrogens is 364 g/mol. The molecule has 0 atom stereocenters. The molecule has 0 aliphatic carbocycles. The van der Waals surface area contributed by atoms with Gasteiger partial charge in [-0.25, -0.2) is 0 Å². The molecule has 1 aliphatic heterocycles. The molecular formula is C23H26N4O2. The van der Waals surface area contributed by atoms with Gasteiger partial charge in [0, 0.05) is 42.5 Å². The minimum atomic E-state index is -0.192. The zero-order valence-electron chi connectivity index (χ0n) is 16.6. The van der Waals surface area contributed by atoms with Crippen LogP contribution in [-0.2, 0) is 11.3 Å². The Morgan fingerprint density at radius 3 is 2.59 bits per heavy atom. The summed E-state index contributed by atoms with van der Waals surface area (Å²) >= 11 is 0. The zero-order valence-corrected chi connectivity index (χ0v) is 16.6. The van der Waals surface area contributed by atoms with Crippen LogP contribution in [0.15, 0.2) is 53.3 Å². The summed E-state index contributed by atoms with van der Waals surface area (Å²) in [6.07, 6.45) is 1.61. The van der Waals surface area contributed by atoms with Gasteiger partial charge >= 0.3 is 0 Å². The summed E-state index contributed by atoms with van der Waals surface area (Å²) < 4.78 is 0. The van der Waals surface area contributed by atoms with E-state index in [0.717, 1.165) is 53.8 Å². The van der Waals surface area contributed by atoms with Gasteiger partial charge in [0.25, 0.3) is 5.56 Å². The number of hydrogen-bond donors (Lipinski definition) is 3. The number of fused-ring (bicyclic) bond motifs is 1. The summed E-state index contributed by atoms with van der Waals surface area (Å²) in [4.78, 5) is 29.0. The molecule has 4 rings (SSSR count). The normalized spacial score (nSPS) is 14.9. The Morgan fingerprint density at radius 2 is 1.90 bits per heavy atom. The lowest BCUT2D eigenvalue weighted by atomic mass is 9.96. The van der Waals surface area contributed by atoms with Gasteiger partial charge in [0.2, 0.25) is 5.91 Å². The number of nitrogens with zero attached hydrogens (tertiary/aromatic N) is 1. The number of piperidine rings is 1. The van der Waals surface area contributed by atoms with Crippen LogP contribution in [0.2, 0.25) is 0 Å². The number of primary amides is 1. The molecule has 1 saturated heterocycles. The van der Waals surface area contributed by atoms with E-state index in [1.807, 2.05) is 43.3 Å². The first-order valence-corrected chi connectivity index (χ1v) is 10.0. The Bertz CT molecular complexity index is 1080. The maximum atomic E-state index is 12.4. The lowest BCUT2D eigenvalue weighted by molar-refractivity contribution is -0.122. The first-order chi connectivity index (χ1) is 14.0. The van der Waals surface area contributed by atoms with Gasteiger partial charge in [-0.15, -0.1) is 0 Å². The van der Waals surface area contributed by atoms with Crippen LogP contribution >= 0.6 is 0 Å². The SMILES string of the molecule is Cc1cccc2cc(CNc3ccc(N4CCC(C(N)=O)CC4)cc3)c(=O)[nH]c12. The summed E-state index contributed by atoms with van der Waals surface area (Å²) in [5, 5.41) is 4.37. The molecule has 150 valence electrons. The number of anilines is 2. The number of carbonyl (C=O) groups excluding carboxylic acids is 1. The molecule has 0 spiro atoms. The van der Waals surface area contributed by atoms with Crippen molar-refractivity contribution >= 4 is 28.2 Å². The van der Waals surface area contributed by atoms with Gasteiger partial charge in [0.15, 0.2) is 0 Å². The monoisotopic (exact) mass is 390 g/mol. The molecule has 3 aromatic rings. The number of H-pyrrole nitrogens is 1. The van der Waals surface area contributed by atoms with Gasteiger partial charge in [0.1, 0.15) is 0 Å². The molecule has 1 aliphatic rings. The molecule has 29 heavy (non-hydrogen) atoms. The highest BCUT2D eigenvalue weighted by molar-refractivity contribution is 5.82. The number of rotatable bonds is 5. The summed E-state index contributed by atoms with van der Waals surface area (Å²) in [5.41, 5.74) is 10.1. The molecule has 2 aromatic carbocycles. The highest BCUT2D eigenvalue weighted by atomic mass is 16.1. The van der Waals surface area contributed by atoms with Gasteiger partial charge in [-0.3, -0.25) is 9.59 Å². The van der Waals surface area contributed by atoms with E-state index in [9.17, 15) is 9.59 Å².